The molecule has 0 unspecified atom stereocenters. The highest BCUT2D eigenvalue weighted by atomic mass is 19.2. The first-order chi connectivity index (χ1) is 9.00. The minimum atomic E-state index is -1.72. The maximum atomic E-state index is 13.7. The lowest BCUT2D eigenvalue weighted by Crippen LogP contribution is -2.13. The number of carbonyl (C=O) groups excluding carboxylic acids is 1. The first kappa shape index (κ1) is 12.9. The fourth-order valence-corrected chi connectivity index (χ4v) is 1.67. The van der Waals surface area contributed by atoms with Crippen LogP contribution in [-0.4, -0.2) is 16.9 Å². The Morgan fingerprint density at radius 1 is 1.00 bits per heavy atom. The Bertz CT molecular complexity index is 651. The quantitative estimate of drug-likeness (QED) is 0.683. The molecule has 0 amide bonds. The van der Waals surface area contributed by atoms with E-state index in [0.29, 0.717) is 11.6 Å². The summed E-state index contributed by atoms with van der Waals surface area (Å²) in [6, 6.07) is 9.63. The third-order valence-corrected chi connectivity index (χ3v) is 2.57. The number of carbonyl (C=O) groups is 2. The summed E-state index contributed by atoms with van der Waals surface area (Å²) >= 11 is 0. The van der Waals surface area contributed by atoms with Crippen molar-refractivity contribution in [2.45, 2.75) is 0 Å². The molecular formula is C14H8F2O3. The lowest BCUT2D eigenvalue weighted by Gasteiger charge is -2.06. The zero-order chi connectivity index (χ0) is 14.0. The van der Waals surface area contributed by atoms with Gasteiger partial charge in [0.05, 0.1) is 0 Å². The molecule has 0 aliphatic carbocycles. The first-order valence-corrected chi connectivity index (χ1v) is 5.33. The number of hydrogen-bond donors (Lipinski definition) is 1. The molecule has 0 fully saturated rings. The van der Waals surface area contributed by atoms with E-state index in [0.717, 1.165) is 6.07 Å². The molecular weight excluding hydrogens is 254 g/mol. The lowest BCUT2D eigenvalue weighted by molar-refractivity contribution is -0.131. The molecule has 0 aromatic heterocycles. The summed E-state index contributed by atoms with van der Waals surface area (Å²) in [7, 11) is 0. The van der Waals surface area contributed by atoms with Crippen molar-refractivity contribution in [3.8, 4) is 11.1 Å². The molecule has 0 saturated heterocycles. The monoisotopic (exact) mass is 262 g/mol. The van der Waals surface area contributed by atoms with Crippen molar-refractivity contribution in [1.29, 1.82) is 0 Å². The van der Waals surface area contributed by atoms with Gasteiger partial charge < -0.3 is 5.11 Å². The van der Waals surface area contributed by atoms with Crippen molar-refractivity contribution < 1.29 is 23.5 Å². The first-order valence-electron chi connectivity index (χ1n) is 5.33. The number of ketones is 1. The van der Waals surface area contributed by atoms with Gasteiger partial charge >= 0.3 is 5.97 Å². The molecule has 0 radical (unpaired) electrons. The van der Waals surface area contributed by atoms with Crippen molar-refractivity contribution in [3.63, 3.8) is 0 Å². The summed E-state index contributed by atoms with van der Waals surface area (Å²) in [4.78, 5) is 21.9. The molecule has 0 aliphatic heterocycles. The molecule has 19 heavy (non-hydrogen) atoms. The number of benzene rings is 2. The van der Waals surface area contributed by atoms with Crippen molar-refractivity contribution in [3.05, 3.63) is 59.7 Å². The maximum absolute atomic E-state index is 13.7. The number of halogens is 2. The van der Waals surface area contributed by atoms with Gasteiger partial charge in [-0.05, 0) is 17.7 Å². The van der Waals surface area contributed by atoms with Crippen LogP contribution in [0.3, 0.4) is 0 Å². The molecule has 2 aromatic rings. The summed E-state index contributed by atoms with van der Waals surface area (Å²) in [5.74, 6) is -5.37. The highest BCUT2D eigenvalue weighted by molar-refractivity contribution is 6.40. The standard InChI is InChI=1S/C14H8F2O3/c15-11-7-9(13(17)14(18)19)6-10(12(11)16)8-4-2-1-3-5-8/h1-7H,(H,18,19). The Labute approximate surface area is 107 Å². The number of aliphatic carboxylic acids is 1. The summed E-state index contributed by atoms with van der Waals surface area (Å²) < 4.78 is 27.1. The number of Topliss-reactive ketones (excluding diaryl/α,β-unsaturated/α-hetero) is 1. The van der Waals surface area contributed by atoms with Gasteiger partial charge in [0.25, 0.3) is 5.78 Å². The third kappa shape index (κ3) is 2.49. The summed E-state index contributed by atoms with van der Waals surface area (Å²) in [6.45, 7) is 0. The molecule has 0 bridgehead atoms. The second-order valence-electron chi connectivity index (χ2n) is 3.82. The molecule has 0 heterocycles. The van der Waals surface area contributed by atoms with Gasteiger partial charge in [-0.3, -0.25) is 4.79 Å². The number of hydrogen-bond acceptors (Lipinski definition) is 2. The van der Waals surface area contributed by atoms with Crippen LogP contribution in [0.5, 0.6) is 0 Å². The highest BCUT2D eigenvalue weighted by Crippen LogP contribution is 2.26. The zero-order valence-corrected chi connectivity index (χ0v) is 9.56. The van der Waals surface area contributed by atoms with Crippen LogP contribution >= 0.6 is 0 Å². The Hall–Kier alpha value is -2.56. The average molecular weight is 262 g/mol. The van der Waals surface area contributed by atoms with Crippen molar-refractivity contribution >= 4 is 11.8 Å². The average Bonchev–Trinajstić information content (AvgIpc) is 2.41. The molecule has 3 nitrogen and oxygen atoms in total. The highest BCUT2D eigenvalue weighted by Gasteiger charge is 2.20. The molecule has 96 valence electrons. The Balaban J connectivity index is 2.62. The van der Waals surface area contributed by atoms with Gasteiger partial charge in [0.1, 0.15) is 0 Å². The van der Waals surface area contributed by atoms with E-state index in [1.54, 1.807) is 18.2 Å². The van der Waals surface area contributed by atoms with E-state index in [2.05, 4.69) is 0 Å². The summed E-state index contributed by atoms with van der Waals surface area (Å²) in [5, 5.41) is 8.59. The molecule has 0 spiro atoms. The fraction of sp³-hybridized carbons (Fsp3) is 0. The second-order valence-corrected chi connectivity index (χ2v) is 3.82. The fourth-order valence-electron chi connectivity index (χ4n) is 1.67. The Morgan fingerprint density at radius 2 is 1.63 bits per heavy atom. The topological polar surface area (TPSA) is 54.4 Å². The SMILES string of the molecule is O=C(O)C(=O)c1cc(F)c(F)c(-c2ccccc2)c1. The van der Waals surface area contributed by atoms with Crippen LogP contribution in [0.15, 0.2) is 42.5 Å². The van der Waals surface area contributed by atoms with Gasteiger partial charge in [0.2, 0.25) is 0 Å². The molecule has 0 atom stereocenters. The Kier molecular flexibility index (Phi) is 3.37. The largest absolute Gasteiger partial charge is 0.475 e. The van der Waals surface area contributed by atoms with E-state index < -0.39 is 29.0 Å². The maximum Gasteiger partial charge on any atom is 0.377 e. The predicted molar refractivity (Wildman–Crippen MR) is 63.8 cm³/mol. The predicted octanol–water partition coefficient (Wildman–Crippen LogP) is 2.90. The summed E-state index contributed by atoms with van der Waals surface area (Å²) in [6.07, 6.45) is 0. The van der Waals surface area contributed by atoms with Crippen LogP contribution in [0.2, 0.25) is 0 Å². The van der Waals surface area contributed by atoms with E-state index in [1.807, 2.05) is 0 Å². The normalized spacial score (nSPS) is 10.2. The van der Waals surface area contributed by atoms with Gasteiger partial charge in [-0.1, -0.05) is 30.3 Å². The number of carboxylic acid groups (broad SMARTS) is 1. The summed E-state index contributed by atoms with van der Waals surface area (Å²) in [5.41, 5.74) is -0.186. The van der Waals surface area contributed by atoms with Crippen LogP contribution in [0.4, 0.5) is 8.78 Å². The molecule has 5 heteroatoms. The third-order valence-electron chi connectivity index (χ3n) is 2.57. The van der Waals surface area contributed by atoms with Gasteiger partial charge in [0, 0.05) is 11.1 Å². The zero-order valence-electron chi connectivity index (χ0n) is 9.56. The lowest BCUT2D eigenvalue weighted by atomic mass is 10.0. The van der Waals surface area contributed by atoms with Gasteiger partial charge in [-0.15, -0.1) is 0 Å². The van der Waals surface area contributed by atoms with Crippen LogP contribution in [0.25, 0.3) is 11.1 Å². The van der Waals surface area contributed by atoms with Crippen LogP contribution < -0.4 is 0 Å². The van der Waals surface area contributed by atoms with E-state index in [1.165, 1.54) is 12.1 Å². The number of carboxylic acids is 1. The molecule has 2 rings (SSSR count). The van der Waals surface area contributed by atoms with E-state index in [4.69, 9.17) is 5.11 Å². The molecule has 0 aliphatic rings. The van der Waals surface area contributed by atoms with Gasteiger partial charge in [0.15, 0.2) is 11.6 Å². The molecule has 0 saturated carbocycles. The van der Waals surface area contributed by atoms with E-state index in [9.17, 15) is 18.4 Å². The minimum Gasteiger partial charge on any atom is -0.475 e. The van der Waals surface area contributed by atoms with Gasteiger partial charge in [-0.25, -0.2) is 13.6 Å². The van der Waals surface area contributed by atoms with E-state index >= 15 is 0 Å². The molecule has 2 aromatic carbocycles. The minimum absolute atomic E-state index is 0.148. The van der Waals surface area contributed by atoms with Crippen molar-refractivity contribution in [1.82, 2.24) is 0 Å². The van der Waals surface area contributed by atoms with Gasteiger partial charge in [-0.2, -0.15) is 0 Å². The van der Waals surface area contributed by atoms with E-state index in [-0.39, 0.29) is 5.56 Å². The second kappa shape index (κ2) is 4.97. The molecule has 1 N–H and O–H groups in total. The van der Waals surface area contributed by atoms with Crippen LogP contribution in [0.1, 0.15) is 10.4 Å². The Morgan fingerprint density at radius 3 is 2.21 bits per heavy atom. The number of rotatable bonds is 3. The van der Waals surface area contributed by atoms with Crippen LogP contribution in [-0.2, 0) is 4.79 Å². The van der Waals surface area contributed by atoms with Crippen LogP contribution in [0, 0.1) is 11.6 Å². The smallest absolute Gasteiger partial charge is 0.377 e. The van der Waals surface area contributed by atoms with Crippen molar-refractivity contribution in [2.24, 2.45) is 0 Å². The van der Waals surface area contributed by atoms with Crippen molar-refractivity contribution in [2.75, 3.05) is 0 Å².